The molecule has 0 aliphatic carbocycles. The van der Waals surface area contributed by atoms with Gasteiger partial charge in [-0.1, -0.05) is 12.1 Å². The molecule has 0 spiro atoms. The van der Waals surface area contributed by atoms with Gasteiger partial charge in [0.1, 0.15) is 0 Å². The van der Waals surface area contributed by atoms with Crippen LogP contribution in [-0.2, 0) is 10.9 Å². The highest BCUT2D eigenvalue weighted by Crippen LogP contribution is 2.30. The molecule has 0 saturated heterocycles. The van der Waals surface area contributed by atoms with Crippen molar-refractivity contribution in [2.75, 3.05) is 20.3 Å². The Bertz CT molecular complexity index is 352. The average molecular weight is 247 g/mol. The largest absolute Gasteiger partial charge is 0.416 e. The van der Waals surface area contributed by atoms with Crippen molar-refractivity contribution in [3.8, 4) is 0 Å². The highest BCUT2D eigenvalue weighted by atomic mass is 19.4. The Morgan fingerprint density at radius 2 is 2.06 bits per heavy atom. The summed E-state index contributed by atoms with van der Waals surface area (Å²) in [5, 5.41) is 3.09. The van der Waals surface area contributed by atoms with Crippen LogP contribution in [0.15, 0.2) is 24.3 Å². The van der Waals surface area contributed by atoms with Crippen LogP contribution in [0.2, 0.25) is 0 Å². The predicted molar refractivity (Wildman–Crippen MR) is 59.7 cm³/mol. The van der Waals surface area contributed by atoms with Gasteiger partial charge >= 0.3 is 6.18 Å². The summed E-state index contributed by atoms with van der Waals surface area (Å²) in [6.45, 7) is 2.96. The Labute approximate surface area is 98.8 Å². The van der Waals surface area contributed by atoms with Crippen LogP contribution >= 0.6 is 0 Å². The Balaban J connectivity index is 2.71. The van der Waals surface area contributed by atoms with Crippen LogP contribution in [0.3, 0.4) is 0 Å². The summed E-state index contributed by atoms with van der Waals surface area (Å²) in [4.78, 5) is 0. The lowest BCUT2D eigenvalue weighted by atomic mass is 10.0. The van der Waals surface area contributed by atoms with Crippen molar-refractivity contribution >= 4 is 0 Å². The molecule has 5 heteroatoms. The third-order valence-electron chi connectivity index (χ3n) is 2.47. The number of hydrogen-bond acceptors (Lipinski definition) is 2. The first-order chi connectivity index (χ1) is 7.95. The number of halogens is 3. The van der Waals surface area contributed by atoms with Gasteiger partial charge in [-0.25, -0.2) is 0 Å². The quantitative estimate of drug-likeness (QED) is 0.808. The lowest BCUT2D eigenvalue weighted by molar-refractivity contribution is -0.137. The zero-order valence-corrected chi connectivity index (χ0v) is 9.84. The van der Waals surface area contributed by atoms with E-state index in [1.807, 2.05) is 6.92 Å². The first-order valence-electron chi connectivity index (χ1n) is 5.34. The highest BCUT2D eigenvalue weighted by molar-refractivity contribution is 5.27. The van der Waals surface area contributed by atoms with Crippen LogP contribution in [0.5, 0.6) is 0 Å². The van der Waals surface area contributed by atoms with Gasteiger partial charge < -0.3 is 10.1 Å². The molecule has 0 amide bonds. The number of ether oxygens (including phenoxy) is 1. The highest BCUT2D eigenvalue weighted by Gasteiger charge is 2.30. The minimum Gasteiger partial charge on any atom is -0.383 e. The third kappa shape index (κ3) is 4.36. The molecule has 1 atom stereocenters. The average Bonchev–Trinajstić information content (AvgIpc) is 2.28. The molecule has 0 heterocycles. The van der Waals surface area contributed by atoms with Gasteiger partial charge in [-0.15, -0.1) is 0 Å². The number of rotatable bonds is 5. The van der Waals surface area contributed by atoms with Crippen molar-refractivity contribution in [3.05, 3.63) is 35.4 Å². The van der Waals surface area contributed by atoms with E-state index in [1.54, 1.807) is 13.2 Å². The second kappa shape index (κ2) is 6.02. The van der Waals surface area contributed by atoms with E-state index in [2.05, 4.69) is 5.32 Å². The molecule has 0 radical (unpaired) electrons. The lowest BCUT2D eigenvalue weighted by Crippen LogP contribution is -2.23. The molecule has 0 saturated carbocycles. The molecule has 0 aromatic heterocycles. The molecular weight excluding hydrogens is 231 g/mol. The molecule has 0 bridgehead atoms. The number of hydrogen-bond donors (Lipinski definition) is 1. The Kier molecular flexibility index (Phi) is 4.96. The van der Waals surface area contributed by atoms with Crippen LogP contribution in [0.25, 0.3) is 0 Å². The standard InChI is InChI=1S/C12H16F3NO/c1-9(16-6-7-17-2)10-4-3-5-11(8-10)12(13,14)15/h3-5,8-9,16H,6-7H2,1-2H3. The van der Waals surface area contributed by atoms with E-state index in [0.29, 0.717) is 18.7 Å². The van der Waals surface area contributed by atoms with Crippen LogP contribution < -0.4 is 5.32 Å². The van der Waals surface area contributed by atoms with Crippen molar-refractivity contribution < 1.29 is 17.9 Å². The van der Waals surface area contributed by atoms with Crippen molar-refractivity contribution in [1.82, 2.24) is 5.32 Å². The lowest BCUT2D eigenvalue weighted by Gasteiger charge is -2.15. The molecule has 0 aliphatic rings. The first kappa shape index (κ1) is 14.0. The summed E-state index contributed by atoms with van der Waals surface area (Å²) in [5.74, 6) is 0. The van der Waals surface area contributed by atoms with E-state index in [0.717, 1.165) is 6.07 Å². The summed E-state index contributed by atoms with van der Waals surface area (Å²) in [5.41, 5.74) is 0.00585. The Morgan fingerprint density at radius 3 is 2.65 bits per heavy atom. The minimum atomic E-state index is -4.29. The molecule has 96 valence electrons. The van der Waals surface area contributed by atoms with Gasteiger partial charge in [-0.2, -0.15) is 13.2 Å². The van der Waals surface area contributed by atoms with Crippen LogP contribution in [0.1, 0.15) is 24.1 Å². The minimum absolute atomic E-state index is 0.132. The Hall–Kier alpha value is -1.07. The number of alkyl halides is 3. The summed E-state index contributed by atoms with van der Waals surface area (Å²) >= 11 is 0. The first-order valence-corrected chi connectivity index (χ1v) is 5.34. The van der Waals surface area contributed by atoms with Gasteiger partial charge in [0, 0.05) is 19.7 Å². The summed E-state index contributed by atoms with van der Waals surface area (Å²) in [6, 6.07) is 5.22. The molecular formula is C12H16F3NO. The van der Waals surface area contributed by atoms with Gasteiger partial charge in [-0.3, -0.25) is 0 Å². The van der Waals surface area contributed by atoms with Crippen molar-refractivity contribution in [2.24, 2.45) is 0 Å². The second-order valence-electron chi connectivity index (χ2n) is 3.79. The zero-order valence-electron chi connectivity index (χ0n) is 9.84. The van der Waals surface area contributed by atoms with Crippen LogP contribution in [0.4, 0.5) is 13.2 Å². The van der Waals surface area contributed by atoms with Crippen molar-refractivity contribution in [2.45, 2.75) is 19.1 Å². The van der Waals surface area contributed by atoms with Gasteiger partial charge in [0.25, 0.3) is 0 Å². The number of nitrogens with one attached hydrogen (secondary N) is 1. The number of methoxy groups -OCH3 is 1. The van der Waals surface area contributed by atoms with Crippen molar-refractivity contribution in [1.29, 1.82) is 0 Å². The monoisotopic (exact) mass is 247 g/mol. The van der Waals surface area contributed by atoms with E-state index >= 15 is 0 Å². The van der Waals surface area contributed by atoms with E-state index < -0.39 is 11.7 Å². The van der Waals surface area contributed by atoms with Gasteiger partial charge in [0.15, 0.2) is 0 Å². The van der Waals surface area contributed by atoms with Crippen molar-refractivity contribution in [3.63, 3.8) is 0 Å². The maximum absolute atomic E-state index is 12.5. The maximum atomic E-state index is 12.5. The zero-order chi connectivity index (χ0) is 12.9. The molecule has 2 nitrogen and oxygen atoms in total. The molecule has 0 aliphatic heterocycles. The normalized spacial score (nSPS) is 13.7. The molecule has 1 unspecified atom stereocenters. The van der Waals surface area contributed by atoms with Gasteiger partial charge in [-0.05, 0) is 24.6 Å². The van der Waals surface area contributed by atoms with Crippen LogP contribution in [0, 0.1) is 0 Å². The predicted octanol–water partition coefficient (Wildman–Crippen LogP) is 3.00. The molecule has 1 rings (SSSR count). The fraction of sp³-hybridized carbons (Fsp3) is 0.500. The van der Waals surface area contributed by atoms with E-state index in [1.165, 1.54) is 12.1 Å². The molecule has 0 fully saturated rings. The second-order valence-corrected chi connectivity index (χ2v) is 3.79. The van der Waals surface area contributed by atoms with Gasteiger partial charge in [0.2, 0.25) is 0 Å². The summed E-state index contributed by atoms with van der Waals surface area (Å²) in [6.07, 6.45) is -4.29. The fourth-order valence-electron chi connectivity index (χ4n) is 1.48. The topological polar surface area (TPSA) is 21.3 Å². The Morgan fingerprint density at radius 1 is 1.35 bits per heavy atom. The van der Waals surface area contributed by atoms with Gasteiger partial charge in [0.05, 0.1) is 12.2 Å². The summed E-state index contributed by atoms with van der Waals surface area (Å²) < 4.78 is 42.4. The molecule has 1 aromatic carbocycles. The SMILES string of the molecule is COCCNC(C)c1cccc(C(F)(F)F)c1. The fourth-order valence-corrected chi connectivity index (χ4v) is 1.48. The number of benzene rings is 1. The van der Waals surface area contributed by atoms with Crippen LogP contribution in [-0.4, -0.2) is 20.3 Å². The van der Waals surface area contributed by atoms with E-state index in [9.17, 15) is 13.2 Å². The molecule has 1 N–H and O–H groups in total. The smallest absolute Gasteiger partial charge is 0.383 e. The molecule has 17 heavy (non-hydrogen) atoms. The van der Waals surface area contributed by atoms with E-state index in [-0.39, 0.29) is 6.04 Å². The van der Waals surface area contributed by atoms with E-state index in [4.69, 9.17) is 4.74 Å². The summed E-state index contributed by atoms with van der Waals surface area (Å²) in [7, 11) is 1.58. The molecule has 1 aromatic rings. The third-order valence-corrected chi connectivity index (χ3v) is 2.47. The maximum Gasteiger partial charge on any atom is 0.416 e.